The molecule has 1 N–H and O–H groups in total. The maximum atomic E-state index is 13.1. The van der Waals surface area contributed by atoms with Crippen LogP contribution in [0.4, 0.5) is 5.69 Å². The standard InChI is InChI=1S/C29H33Cl2N5O2/c1-3-6-26-33-28(20(2)36(26)23-10-9-21-18-38-19-22(21)17-23)29(37)32-11-5-12-34-13-15-35(16-14-34)25-8-4-7-24(30)27(25)31/h4,7-10,17-19H,3,5-6,11-16H2,1-2H3,(H,32,37). The monoisotopic (exact) mass is 553 g/mol. The molecule has 7 nitrogen and oxygen atoms in total. The second-order valence-corrected chi connectivity index (χ2v) is 10.5. The van der Waals surface area contributed by atoms with E-state index >= 15 is 0 Å². The van der Waals surface area contributed by atoms with Gasteiger partial charge >= 0.3 is 0 Å². The van der Waals surface area contributed by atoms with Gasteiger partial charge in [0.05, 0.1) is 34.0 Å². The van der Waals surface area contributed by atoms with E-state index in [1.165, 1.54) is 0 Å². The molecule has 2 aromatic carbocycles. The van der Waals surface area contributed by atoms with Crippen LogP contribution in [0.25, 0.3) is 16.5 Å². The number of piperazine rings is 1. The molecule has 2 aromatic heterocycles. The third-order valence-electron chi connectivity index (χ3n) is 7.17. The number of imidazole rings is 1. The van der Waals surface area contributed by atoms with Gasteiger partial charge in [-0.05, 0) is 56.6 Å². The summed E-state index contributed by atoms with van der Waals surface area (Å²) in [5.74, 6) is 0.777. The molecule has 3 heterocycles. The van der Waals surface area contributed by atoms with Crippen molar-refractivity contribution in [3.05, 3.63) is 76.2 Å². The zero-order valence-electron chi connectivity index (χ0n) is 21.8. The van der Waals surface area contributed by atoms with Crippen LogP contribution in [0.5, 0.6) is 0 Å². The van der Waals surface area contributed by atoms with Gasteiger partial charge in [-0.3, -0.25) is 9.69 Å². The van der Waals surface area contributed by atoms with Gasteiger partial charge in [0.15, 0.2) is 0 Å². The molecule has 9 heteroatoms. The molecular formula is C29H33Cl2N5O2. The molecule has 0 bridgehead atoms. The van der Waals surface area contributed by atoms with E-state index in [4.69, 9.17) is 32.6 Å². The Hall–Kier alpha value is -3.00. The maximum absolute atomic E-state index is 13.1. The van der Waals surface area contributed by atoms with Crippen LogP contribution in [0.15, 0.2) is 53.3 Å². The smallest absolute Gasteiger partial charge is 0.271 e. The fourth-order valence-corrected chi connectivity index (χ4v) is 5.55. The van der Waals surface area contributed by atoms with Gasteiger partial charge in [0.2, 0.25) is 0 Å². The van der Waals surface area contributed by atoms with Crippen LogP contribution >= 0.6 is 23.2 Å². The number of nitrogens with zero attached hydrogens (tertiary/aromatic N) is 4. The minimum atomic E-state index is -0.122. The van der Waals surface area contributed by atoms with Crippen molar-refractivity contribution in [1.82, 2.24) is 19.8 Å². The zero-order valence-corrected chi connectivity index (χ0v) is 23.4. The summed E-state index contributed by atoms with van der Waals surface area (Å²) >= 11 is 12.6. The average Bonchev–Trinajstić information content (AvgIpc) is 3.52. The van der Waals surface area contributed by atoms with Crippen LogP contribution in [0.3, 0.4) is 0 Å². The highest BCUT2D eigenvalue weighted by atomic mass is 35.5. The first-order chi connectivity index (χ1) is 18.5. The Morgan fingerprint density at radius 3 is 2.66 bits per heavy atom. The van der Waals surface area contributed by atoms with Crippen LogP contribution in [0.1, 0.15) is 41.8 Å². The predicted octanol–water partition coefficient (Wildman–Crippen LogP) is 6.13. The van der Waals surface area contributed by atoms with Crippen molar-refractivity contribution in [2.24, 2.45) is 0 Å². The first-order valence-corrected chi connectivity index (χ1v) is 14.0. The number of furan rings is 1. The fraction of sp³-hybridized carbons (Fsp3) is 0.379. The summed E-state index contributed by atoms with van der Waals surface area (Å²) in [5, 5.41) is 6.37. The molecule has 0 saturated carbocycles. The summed E-state index contributed by atoms with van der Waals surface area (Å²) in [4.78, 5) is 22.6. The fourth-order valence-electron chi connectivity index (χ4n) is 5.14. The average molecular weight is 555 g/mol. The number of amides is 1. The van der Waals surface area contributed by atoms with Crippen LogP contribution in [-0.2, 0) is 6.42 Å². The Kier molecular flexibility index (Phi) is 8.27. The van der Waals surface area contributed by atoms with Gasteiger partial charge < -0.3 is 19.2 Å². The number of carbonyl (C=O) groups is 1. The minimum absolute atomic E-state index is 0.122. The number of fused-ring (bicyclic) bond motifs is 1. The van der Waals surface area contributed by atoms with Gasteiger partial charge in [0.1, 0.15) is 11.5 Å². The number of halogens is 2. The molecule has 1 saturated heterocycles. The number of hydrogen-bond donors (Lipinski definition) is 1. The van der Waals surface area contributed by atoms with E-state index in [2.05, 4.69) is 32.7 Å². The van der Waals surface area contributed by atoms with Crippen LogP contribution in [0, 0.1) is 6.92 Å². The third kappa shape index (κ3) is 5.55. The van der Waals surface area contributed by atoms with Gasteiger partial charge in [-0.25, -0.2) is 4.98 Å². The van der Waals surface area contributed by atoms with Crippen molar-refractivity contribution in [2.75, 3.05) is 44.2 Å². The van der Waals surface area contributed by atoms with Crippen molar-refractivity contribution in [1.29, 1.82) is 0 Å². The van der Waals surface area contributed by atoms with Gasteiger partial charge in [-0.2, -0.15) is 0 Å². The maximum Gasteiger partial charge on any atom is 0.271 e. The molecule has 4 aromatic rings. The quantitative estimate of drug-likeness (QED) is 0.252. The van der Waals surface area contributed by atoms with Gasteiger partial charge in [0, 0.05) is 55.6 Å². The number of aromatic nitrogens is 2. The van der Waals surface area contributed by atoms with E-state index in [1.807, 2.05) is 37.3 Å². The van der Waals surface area contributed by atoms with E-state index in [0.717, 1.165) is 85.7 Å². The first kappa shape index (κ1) is 26.6. The number of rotatable bonds is 9. The van der Waals surface area contributed by atoms with Gasteiger partial charge in [0.25, 0.3) is 5.91 Å². The largest absolute Gasteiger partial charge is 0.471 e. The van der Waals surface area contributed by atoms with Crippen molar-refractivity contribution in [3.63, 3.8) is 0 Å². The number of carbonyl (C=O) groups excluding carboxylic acids is 1. The molecule has 0 unspecified atom stereocenters. The van der Waals surface area contributed by atoms with Crippen LogP contribution in [-0.4, -0.2) is 59.6 Å². The normalized spacial score (nSPS) is 14.4. The number of aryl methyl sites for hydroxylation is 1. The highest BCUT2D eigenvalue weighted by Crippen LogP contribution is 2.33. The predicted molar refractivity (Wildman–Crippen MR) is 154 cm³/mol. The Morgan fingerprint density at radius 1 is 1.08 bits per heavy atom. The van der Waals surface area contributed by atoms with Crippen LogP contribution in [0.2, 0.25) is 10.0 Å². The number of anilines is 1. The molecule has 200 valence electrons. The topological polar surface area (TPSA) is 66.5 Å². The van der Waals surface area contributed by atoms with Gasteiger partial charge in [-0.15, -0.1) is 0 Å². The molecular weight excluding hydrogens is 521 g/mol. The van der Waals surface area contributed by atoms with Crippen molar-refractivity contribution in [2.45, 2.75) is 33.1 Å². The summed E-state index contributed by atoms with van der Waals surface area (Å²) in [6, 6.07) is 11.9. The molecule has 0 aliphatic carbocycles. The van der Waals surface area contributed by atoms with E-state index in [-0.39, 0.29) is 5.91 Å². The first-order valence-electron chi connectivity index (χ1n) is 13.2. The number of benzene rings is 2. The molecule has 1 aliphatic rings. The lowest BCUT2D eigenvalue weighted by Crippen LogP contribution is -2.47. The lowest BCUT2D eigenvalue weighted by molar-refractivity contribution is 0.0946. The molecule has 5 rings (SSSR count). The summed E-state index contributed by atoms with van der Waals surface area (Å²) in [6.45, 7) is 9.31. The highest BCUT2D eigenvalue weighted by molar-refractivity contribution is 6.43. The summed E-state index contributed by atoms with van der Waals surface area (Å²) < 4.78 is 7.43. The molecule has 1 amide bonds. The number of nitrogens with one attached hydrogen (secondary N) is 1. The lowest BCUT2D eigenvalue weighted by Gasteiger charge is -2.36. The second-order valence-electron chi connectivity index (χ2n) is 9.74. The Balaban J connectivity index is 1.16. The Bertz CT molecular complexity index is 1420. The lowest BCUT2D eigenvalue weighted by atomic mass is 10.2. The molecule has 1 aliphatic heterocycles. The molecule has 0 atom stereocenters. The second kappa shape index (κ2) is 11.8. The summed E-state index contributed by atoms with van der Waals surface area (Å²) in [7, 11) is 0. The number of hydrogen-bond acceptors (Lipinski definition) is 5. The zero-order chi connectivity index (χ0) is 26.6. The molecule has 1 fully saturated rings. The summed E-state index contributed by atoms with van der Waals surface area (Å²) in [5.41, 5.74) is 3.33. The van der Waals surface area contributed by atoms with E-state index in [1.54, 1.807) is 12.5 Å². The molecule has 38 heavy (non-hydrogen) atoms. The molecule has 0 spiro atoms. The Labute approximate surface area is 233 Å². The molecule has 0 radical (unpaired) electrons. The van der Waals surface area contributed by atoms with E-state index in [0.29, 0.717) is 22.3 Å². The van der Waals surface area contributed by atoms with Crippen molar-refractivity contribution in [3.8, 4) is 5.69 Å². The van der Waals surface area contributed by atoms with Crippen molar-refractivity contribution >= 4 is 45.6 Å². The van der Waals surface area contributed by atoms with E-state index in [9.17, 15) is 4.79 Å². The third-order valence-corrected chi connectivity index (χ3v) is 7.97. The summed E-state index contributed by atoms with van der Waals surface area (Å²) in [6.07, 6.45) is 6.10. The van der Waals surface area contributed by atoms with Crippen LogP contribution < -0.4 is 10.2 Å². The Morgan fingerprint density at radius 2 is 1.87 bits per heavy atom. The van der Waals surface area contributed by atoms with E-state index < -0.39 is 0 Å². The SMILES string of the molecule is CCCc1nc(C(=O)NCCCN2CCN(c3cccc(Cl)c3Cl)CC2)c(C)n1-c1ccc2cocc2c1. The highest BCUT2D eigenvalue weighted by Gasteiger charge is 2.22. The van der Waals surface area contributed by atoms with Crippen molar-refractivity contribution < 1.29 is 9.21 Å². The van der Waals surface area contributed by atoms with Gasteiger partial charge in [-0.1, -0.05) is 36.2 Å². The minimum Gasteiger partial charge on any atom is -0.471 e.